The Labute approximate surface area is 171 Å². The molecule has 4 amide bonds. The summed E-state index contributed by atoms with van der Waals surface area (Å²) in [6.45, 7) is 0. The van der Waals surface area contributed by atoms with Crippen LogP contribution < -0.4 is 10.7 Å². The van der Waals surface area contributed by atoms with Crippen LogP contribution in [0.5, 0.6) is 0 Å². The van der Waals surface area contributed by atoms with Crippen molar-refractivity contribution in [3.05, 3.63) is 0 Å². The number of amides is 4. The second-order valence-electron chi connectivity index (χ2n) is 8.50. The summed E-state index contributed by atoms with van der Waals surface area (Å²) in [5.74, 6) is -3.20. The van der Waals surface area contributed by atoms with Gasteiger partial charge in [-0.25, -0.2) is 0 Å². The maximum Gasteiger partial charge on any atom is 0.308 e. The first-order valence-corrected chi connectivity index (χ1v) is 11.0. The van der Waals surface area contributed by atoms with E-state index in [1.165, 1.54) is 0 Å². The van der Waals surface area contributed by atoms with Crippen LogP contribution in [0.3, 0.4) is 0 Å². The van der Waals surface area contributed by atoms with Crippen molar-refractivity contribution >= 4 is 29.4 Å². The quantitative estimate of drug-likeness (QED) is 0.397. The zero-order chi connectivity index (χ0) is 20.8. The van der Waals surface area contributed by atoms with Crippen LogP contribution in [0.2, 0.25) is 0 Å². The van der Waals surface area contributed by atoms with Crippen molar-refractivity contribution in [1.82, 2.24) is 15.8 Å². The molecular weight excluding hydrogens is 374 g/mol. The fourth-order valence-electron chi connectivity index (χ4n) is 4.68. The van der Waals surface area contributed by atoms with E-state index in [4.69, 9.17) is 0 Å². The molecule has 0 aromatic heterocycles. The number of imide groups is 1. The standard InChI is InChI=1S/C21H31N3O5/c25-16-12-13-17(26)24(16)23-21(29)19(27)18(14-8-6-3-7-9-14)22-20(28)15-10-4-1-2-5-11-15/h14-15,18H,1-13H2,(H,22,28)(H,23,29)/t18-/m1/s1. The van der Waals surface area contributed by atoms with Crippen LogP contribution in [-0.2, 0) is 24.0 Å². The lowest BCUT2D eigenvalue weighted by Crippen LogP contribution is -2.56. The maximum absolute atomic E-state index is 13.0. The summed E-state index contributed by atoms with van der Waals surface area (Å²) in [7, 11) is 0. The van der Waals surface area contributed by atoms with Crippen molar-refractivity contribution in [3.63, 3.8) is 0 Å². The molecule has 29 heavy (non-hydrogen) atoms. The van der Waals surface area contributed by atoms with Gasteiger partial charge in [-0.05, 0) is 31.6 Å². The third-order valence-corrected chi connectivity index (χ3v) is 6.42. The van der Waals surface area contributed by atoms with E-state index < -0.39 is 29.5 Å². The first kappa shape index (κ1) is 21.5. The highest BCUT2D eigenvalue weighted by molar-refractivity contribution is 6.39. The zero-order valence-corrected chi connectivity index (χ0v) is 16.9. The molecule has 0 bridgehead atoms. The summed E-state index contributed by atoms with van der Waals surface area (Å²) >= 11 is 0. The highest BCUT2D eigenvalue weighted by atomic mass is 16.2. The molecule has 0 radical (unpaired) electrons. The second kappa shape index (κ2) is 9.98. The van der Waals surface area contributed by atoms with Crippen LogP contribution in [0.4, 0.5) is 0 Å². The molecule has 0 spiro atoms. The minimum Gasteiger partial charge on any atom is -0.345 e. The van der Waals surface area contributed by atoms with Gasteiger partial charge >= 0.3 is 5.91 Å². The first-order valence-electron chi connectivity index (χ1n) is 11.0. The SMILES string of the molecule is O=C(NN1C(=O)CCC1=O)C(=O)[C@H](NC(=O)C1CCCCCC1)C1CCCCC1. The lowest BCUT2D eigenvalue weighted by molar-refractivity contribution is -0.152. The molecule has 0 aromatic carbocycles. The summed E-state index contributed by atoms with van der Waals surface area (Å²) in [4.78, 5) is 61.8. The van der Waals surface area contributed by atoms with Gasteiger partial charge in [-0.1, -0.05) is 44.9 Å². The van der Waals surface area contributed by atoms with Crippen LogP contribution in [0.1, 0.15) is 83.5 Å². The van der Waals surface area contributed by atoms with Crippen molar-refractivity contribution < 1.29 is 24.0 Å². The molecule has 8 heteroatoms. The predicted octanol–water partition coefficient (Wildman–Crippen LogP) is 1.77. The van der Waals surface area contributed by atoms with E-state index in [0.717, 1.165) is 70.6 Å². The fraction of sp³-hybridized carbons (Fsp3) is 0.762. The summed E-state index contributed by atoms with van der Waals surface area (Å²) in [6, 6.07) is -0.904. The Morgan fingerprint density at radius 3 is 1.90 bits per heavy atom. The van der Waals surface area contributed by atoms with E-state index in [1.807, 2.05) is 0 Å². The zero-order valence-electron chi connectivity index (χ0n) is 16.9. The van der Waals surface area contributed by atoms with Gasteiger partial charge in [0, 0.05) is 18.8 Å². The Bertz CT molecular complexity index is 647. The Hall–Kier alpha value is -2.25. The molecule has 3 fully saturated rings. The number of nitrogens with one attached hydrogen (secondary N) is 2. The third-order valence-electron chi connectivity index (χ3n) is 6.42. The average Bonchev–Trinajstić information content (AvgIpc) is 2.94. The molecule has 1 heterocycles. The molecule has 1 atom stereocenters. The van der Waals surface area contributed by atoms with Crippen molar-refractivity contribution in [2.75, 3.05) is 0 Å². The molecule has 1 aliphatic heterocycles. The average molecular weight is 405 g/mol. The summed E-state index contributed by atoms with van der Waals surface area (Å²) in [5.41, 5.74) is 2.16. The van der Waals surface area contributed by atoms with Crippen molar-refractivity contribution in [2.24, 2.45) is 11.8 Å². The van der Waals surface area contributed by atoms with Gasteiger partial charge in [0.2, 0.25) is 23.5 Å². The number of carbonyl (C=O) groups excluding carboxylic acids is 5. The number of hydrogen-bond donors (Lipinski definition) is 2. The molecule has 0 unspecified atom stereocenters. The fourth-order valence-corrected chi connectivity index (χ4v) is 4.68. The minimum absolute atomic E-state index is 0.0256. The van der Waals surface area contributed by atoms with Gasteiger partial charge in [0.15, 0.2) is 0 Å². The van der Waals surface area contributed by atoms with Crippen LogP contribution in [0, 0.1) is 11.8 Å². The molecule has 3 rings (SSSR count). The van der Waals surface area contributed by atoms with Gasteiger partial charge in [-0.2, -0.15) is 5.01 Å². The van der Waals surface area contributed by atoms with E-state index in [9.17, 15) is 24.0 Å². The van der Waals surface area contributed by atoms with Gasteiger partial charge in [0.25, 0.3) is 0 Å². The van der Waals surface area contributed by atoms with Crippen LogP contribution in [0.25, 0.3) is 0 Å². The molecule has 2 saturated carbocycles. The number of hydrogen-bond acceptors (Lipinski definition) is 5. The molecule has 0 aromatic rings. The Morgan fingerprint density at radius 1 is 0.793 bits per heavy atom. The number of hydrazine groups is 1. The molecule has 2 aliphatic carbocycles. The van der Waals surface area contributed by atoms with E-state index >= 15 is 0 Å². The molecule has 8 nitrogen and oxygen atoms in total. The highest BCUT2D eigenvalue weighted by Crippen LogP contribution is 2.28. The summed E-state index contributed by atoms with van der Waals surface area (Å²) in [6.07, 6.45) is 10.4. The molecular formula is C21H31N3O5. The van der Waals surface area contributed by atoms with Crippen molar-refractivity contribution in [2.45, 2.75) is 89.5 Å². The molecule has 3 aliphatic rings. The number of nitrogens with zero attached hydrogens (tertiary/aromatic N) is 1. The monoisotopic (exact) mass is 405 g/mol. The number of carbonyl (C=O) groups is 5. The topological polar surface area (TPSA) is 113 Å². The smallest absolute Gasteiger partial charge is 0.308 e. The summed E-state index contributed by atoms with van der Waals surface area (Å²) in [5, 5.41) is 3.50. The van der Waals surface area contributed by atoms with E-state index in [0.29, 0.717) is 5.01 Å². The Morgan fingerprint density at radius 2 is 1.31 bits per heavy atom. The summed E-state index contributed by atoms with van der Waals surface area (Å²) < 4.78 is 0. The maximum atomic E-state index is 13.0. The van der Waals surface area contributed by atoms with Gasteiger partial charge in [-0.15, -0.1) is 0 Å². The van der Waals surface area contributed by atoms with E-state index in [2.05, 4.69) is 10.7 Å². The Kier molecular flexibility index (Phi) is 7.39. The van der Waals surface area contributed by atoms with Gasteiger partial charge in [-0.3, -0.25) is 29.4 Å². The Balaban J connectivity index is 1.69. The number of rotatable bonds is 6. The molecule has 2 N–H and O–H groups in total. The van der Waals surface area contributed by atoms with Crippen molar-refractivity contribution in [3.8, 4) is 0 Å². The van der Waals surface area contributed by atoms with Crippen molar-refractivity contribution in [1.29, 1.82) is 0 Å². The molecule has 1 saturated heterocycles. The van der Waals surface area contributed by atoms with Crippen LogP contribution in [0.15, 0.2) is 0 Å². The normalized spacial score (nSPS) is 22.8. The second-order valence-corrected chi connectivity index (χ2v) is 8.50. The number of Topliss-reactive ketones (excluding diaryl/α,β-unsaturated/α-hetero) is 1. The number of ketones is 1. The largest absolute Gasteiger partial charge is 0.345 e. The van der Waals surface area contributed by atoms with E-state index in [-0.39, 0.29) is 30.6 Å². The highest BCUT2D eigenvalue weighted by Gasteiger charge is 2.38. The van der Waals surface area contributed by atoms with Crippen LogP contribution >= 0.6 is 0 Å². The third kappa shape index (κ3) is 5.42. The van der Waals surface area contributed by atoms with E-state index in [1.54, 1.807) is 0 Å². The van der Waals surface area contributed by atoms with Gasteiger partial charge < -0.3 is 5.32 Å². The lowest BCUT2D eigenvalue weighted by Gasteiger charge is -2.31. The molecule has 160 valence electrons. The predicted molar refractivity (Wildman–Crippen MR) is 104 cm³/mol. The van der Waals surface area contributed by atoms with Gasteiger partial charge in [0.1, 0.15) is 6.04 Å². The minimum atomic E-state index is -1.01. The van der Waals surface area contributed by atoms with Gasteiger partial charge in [0.05, 0.1) is 0 Å². The van der Waals surface area contributed by atoms with Crippen LogP contribution in [-0.4, -0.2) is 40.5 Å². The first-order chi connectivity index (χ1) is 14.0. The lowest BCUT2D eigenvalue weighted by atomic mass is 9.81.